The molecule has 0 saturated carbocycles. The molecule has 4 heteroatoms. The molecule has 1 aromatic rings. The molecule has 1 aliphatic heterocycles. The number of ether oxygens (including phenoxy) is 2. The second-order valence-electron chi connectivity index (χ2n) is 3.81. The van der Waals surface area contributed by atoms with E-state index in [9.17, 15) is 0 Å². The molecule has 86 valence electrons. The molecule has 0 spiro atoms. The van der Waals surface area contributed by atoms with Gasteiger partial charge in [-0.1, -0.05) is 12.1 Å². The SMILES string of the molecule is C=CCC1(COc2cccc(Br)c2Br)CO1. The average molecular weight is 348 g/mol. The Bertz CT molecular complexity index is 400. The molecule has 1 aromatic carbocycles. The van der Waals surface area contributed by atoms with Gasteiger partial charge in [0.15, 0.2) is 0 Å². The minimum atomic E-state index is -0.135. The molecule has 1 aliphatic rings. The van der Waals surface area contributed by atoms with Crippen LogP contribution >= 0.6 is 31.9 Å². The summed E-state index contributed by atoms with van der Waals surface area (Å²) in [4.78, 5) is 0. The number of hydrogen-bond donors (Lipinski definition) is 0. The van der Waals surface area contributed by atoms with Crippen LogP contribution in [0, 0.1) is 0 Å². The number of hydrogen-bond acceptors (Lipinski definition) is 2. The first-order chi connectivity index (χ1) is 7.67. The molecule has 0 radical (unpaired) electrons. The highest BCUT2D eigenvalue weighted by Gasteiger charge is 2.44. The van der Waals surface area contributed by atoms with Crippen LogP contribution in [0.1, 0.15) is 6.42 Å². The lowest BCUT2D eigenvalue weighted by atomic mass is 10.1. The third kappa shape index (κ3) is 2.67. The van der Waals surface area contributed by atoms with Crippen molar-refractivity contribution in [2.24, 2.45) is 0 Å². The van der Waals surface area contributed by atoms with E-state index in [0.29, 0.717) is 6.61 Å². The Morgan fingerprint density at radius 1 is 1.50 bits per heavy atom. The van der Waals surface area contributed by atoms with Crippen LogP contribution in [-0.2, 0) is 4.74 Å². The van der Waals surface area contributed by atoms with Gasteiger partial charge in [0.05, 0.1) is 11.1 Å². The van der Waals surface area contributed by atoms with Crippen molar-refractivity contribution in [2.75, 3.05) is 13.2 Å². The molecule has 1 saturated heterocycles. The van der Waals surface area contributed by atoms with Crippen LogP contribution in [0.15, 0.2) is 39.8 Å². The molecule has 0 bridgehead atoms. The topological polar surface area (TPSA) is 21.8 Å². The first-order valence-corrected chi connectivity index (χ1v) is 6.57. The van der Waals surface area contributed by atoms with Crippen LogP contribution in [0.4, 0.5) is 0 Å². The molecule has 0 aliphatic carbocycles. The molecule has 0 aromatic heterocycles. The number of benzene rings is 1. The van der Waals surface area contributed by atoms with E-state index in [1.165, 1.54) is 0 Å². The summed E-state index contributed by atoms with van der Waals surface area (Å²) < 4.78 is 13.1. The van der Waals surface area contributed by atoms with Gasteiger partial charge in [-0.3, -0.25) is 0 Å². The smallest absolute Gasteiger partial charge is 0.134 e. The average Bonchev–Trinajstić information content (AvgIpc) is 3.02. The van der Waals surface area contributed by atoms with E-state index in [4.69, 9.17) is 9.47 Å². The minimum absolute atomic E-state index is 0.135. The molecule has 0 N–H and O–H groups in total. The predicted molar refractivity (Wildman–Crippen MR) is 70.8 cm³/mol. The Morgan fingerprint density at radius 3 is 2.88 bits per heavy atom. The summed E-state index contributed by atoms with van der Waals surface area (Å²) in [5.74, 6) is 0.827. The largest absolute Gasteiger partial charge is 0.489 e. The Kier molecular flexibility index (Phi) is 3.72. The zero-order valence-corrected chi connectivity index (χ0v) is 11.9. The van der Waals surface area contributed by atoms with Crippen molar-refractivity contribution >= 4 is 31.9 Å². The van der Waals surface area contributed by atoms with Gasteiger partial charge >= 0.3 is 0 Å². The second kappa shape index (κ2) is 4.90. The molecule has 1 unspecified atom stereocenters. The standard InChI is InChI=1S/C12H12Br2O2/c1-2-6-12(8-16-12)7-15-10-5-3-4-9(13)11(10)14/h2-5H,1,6-8H2. The van der Waals surface area contributed by atoms with Gasteiger partial charge in [-0.25, -0.2) is 0 Å². The lowest BCUT2D eigenvalue weighted by Gasteiger charge is -2.13. The first kappa shape index (κ1) is 12.1. The highest BCUT2D eigenvalue weighted by Crippen LogP contribution is 2.36. The highest BCUT2D eigenvalue weighted by molar-refractivity contribution is 9.13. The summed E-state index contributed by atoms with van der Waals surface area (Å²) in [6, 6.07) is 5.83. The summed E-state index contributed by atoms with van der Waals surface area (Å²) in [5, 5.41) is 0. The normalized spacial score (nSPS) is 22.9. The molecule has 1 fully saturated rings. The second-order valence-corrected chi connectivity index (χ2v) is 5.45. The molecule has 1 heterocycles. The minimum Gasteiger partial charge on any atom is -0.489 e. The summed E-state index contributed by atoms with van der Waals surface area (Å²) in [7, 11) is 0. The van der Waals surface area contributed by atoms with E-state index >= 15 is 0 Å². The van der Waals surface area contributed by atoms with Crippen LogP contribution in [0.5, 0.6) is 5.75 Å². The molecule has 16 heavy (non-hydrogen) atoms. The molecule has 2 nitrogen and oxygen atoms in total. The van der Waals surface area contributed by atoms with Crippen molar-refractivity contribution in [2.45, 2.75) is 12.0 Å². The molecular formula is C12H12Br2O2. The highest BCUT2D eigenvalue weighted by atomic mass is 79.9. The van der Waals surface area contributed by atoms with Crippen molar-refractivity contribution < 1.29 is 9.47 Å². The van der Waals surface area contributed by atoms with Crippen molar-refractivity contribution in [1.82, 2.24) is 0 Å². The summed E-state index contributed by atoms with van der Waals surface area (Å²) in [6.07, 6.45) is 2.70. The third-order valence-electron chi connectivity index (χ3n) is 2.48. The van der Waals surface area contributed by atoms with E-state index < -0.39 is 0 Å². The van der Waals surface area contributed by atoms with E-state index in [1.54, 1.807) is 0 Å². The van der Waals surface area contributed by atoms with Crippen LogP contribution < -0.4 is 4.74 Å². The Morgan fingerprint density at radius 2 is 2.25 bits per heavy atom. The summed E-state index contributed by atoms with van der Waals surface area (Å²) in [5.41, 5.74) is -0.135. The van der Waals surface area contributed by atoms with Gasteiger partial charge < -0.3 is 9.47 Å². The zero-order valence-electron chi connectivity index (χ0n) is 8.71. The lowest BCUT2D eigenvalue weighted by molar-refractivity contribution is 0.190. The van der Waals surface area contributed by atoms with Gasteiger partial charge in [-0.15, -0.1) is 6.58 Å². The van der Waals surface area contributed by atoms with Crippen LogP contribution in [0.25, 0.3) is 0 Å². The summed E-state index contributed by atoms with van der Waals surface area (Å²) in [6.45, 7) is 5.04. The Balaban J connectivity index is 2.00. The van der Waals surface area contributed by atoms with E-state index in [1.807, 2.05) is 24.3 Å². The molecule has 0 amide bonds. The van der Waals surface area contributed by atoms with E-state index in [-0.39, 0.29) is 5.60 Å². The third-order valence-corrected chi connectivity index (χ3v) is 4.49. The van der Waals surface area contributed by atoms with Gasteiger partial charge in [-0.2, -0.15) is 0 Å². The quantitative estimate of drug-likeness (QED) is 0.594. The van der Waals surface area contributed by atoms with E-state index in [0.717, 1.165) is 27.7 Å². The molecular weight excluding hydrogens is 336 g/mol. The Hall–Kier alpha value is -0.320. The number of rotatable bonds is 5. The number of halogens is 2. The van der Waals surface area contributed by atoms with Gasteiger partial charge in [0.1, 0.15) is 18.0 Å². The van der Waals surface area contributed by atoms with Gasteiger partial charge in [0.2, 0.25) is 0 Å². The summed E-state index contributed by atoms with van der Waals surface area (Å²) >= 11 is 6.91. The van der Waals surface area contributed by atoms with Crippen molar-refractivity contribution in [3.8, 4) is 5.75 Å². The van der Waals surface area contributed by atoms with Gasteiger partial charge in [0.25, 0.3) is 0 Å². The van der Waals surface area contributed by atoms with Crippen molar-refractivity contribution in [3.05, 3.63) is 39.8 Å². The van der Waals surface area contributed by atoms with Crippen molar-refractivity contribution in [1.29, 1.82) is 0 Å². The van der Waals surface area contributed by atoms with Crippen LogP contribution in [0.2, 0.25) is 0 Å². The fraction of sp³-hybridized carbons (Fsp3) is 0.333. The monoisotopic (exact) mass is 346 g/mol. The predicted octanol–water partition coefficient (Wildman–Crippen LogP) is 3.94. The van der Waals surface area contributed by atoms with Gasteiger partial charge in [0, 0.05) is 4.47 Å². The van der Waals surface area contributed by atoms with Gasteiger partial charge in [-0.05, 0) is 50.4 Å². The molecule has 1 atom stereocenters. The maximum Gasteiger partial charge on any atom is 0.134 e. The molecule has 2 rings (SSSR count). The maximum atomic E-state index is 5.75. The van der Waals surface area contributed by atoms with Crippen LogP contribution in [-0.4, -0.2) is 18.8 Å². The van der Waals surface area contributed by atoms with Crippen LogP contribution in [0.3, 0.4) is 0 Å². The number of epoxide rings is 1. The van der Waals surface area contributed by atoms with E-state index in [2.05, 4.69) is 38.4 Å². The maximum absolute atomic E-state index is 5.75. The van der Waals surface area contributed by atoms with Crippen molar-refractivity contribution in [3.63, 3.8) is 0 Å². The fourth-order valence-electron chi connectivity index (χ4n) is 1.43. The zero-order chi connectivity index (χ0) is 11.6. The lowest BCUT2D eigenvalue weighted by Crippen LogP contribution is -2.20. The Labute approximate surface area is 112 Å². The fourth-order valence-corrected chi connectivity index (χ4v) is 2.16. The first-order valence-electron chi connectivity index (χ1n) is 4.98.